The van der Waals surface area contributed by atoms with Crippen molar-refractivity contribution in [3.05, 3.63) is 101 Å². The number of aromatic nitrogens is 2. The van der Waals surface area contributed by atoms with Gasteiger partial charge in [0.05, 0.1) is 11.3 Å². The Labute approximate surface area is 171 Å². The van der Waals surface area contributed by atoms with Crippen LogP contribution in [0.1, 0.15) is 10.4 Å². The number of carbonyl (C=O) groups is 1. The Balaban J connectivity index is 1.49. The topological polar surface area (TPSA) is 52.1 Å². The van der Waals surface area contributed by atoms with Crippen LogP contribution in [-0.4, -0.2) is 16.2 Å². The summed E-state index contributed by atoms with van der Waals surface area (Å²) in [6.07, 6.45) is 0. The molecule has 4 nitrogen and oxygen atoms in total. The zero-order valence-electron chi connectivity index (χ0n) is 14.7. The van der Waals surface area contributed by atoms with Crippen LogP contribution in [0.25, 0.3) is 22.4 Å². The molecule has 4 aromatic rings. The van der Waals surface area contributed by atoms with Gasteiger partial charge >= 0.3 is 5.97 Å². The number of hydrogen-bond donors (Lipinski definition) is 0. The van der Waals surface area contributed by atoms with Crippen molar-refractivity contribution in [2.75, 3.05) is 0 Å². The molecule has 0 N–H and O–H groups in total. The number of rotatable bonds is 4. The van der Waals surface area contributed by atoms with E-state index in [-0.39, 0.29) is 5.88 Å². The predicted octanol–water partition coefficient (Wildman–Crippen LogP) is 5.79. The summed E-state index contributed by atoms with van der Waals surface area (Å²) in [5, 5.41) is 8.20. The molecule has 1 aromatic heterocycles. The van der Waals surface area contributed by atoms with E-state index in [9.17, 15) is 4.79 Å². The third-order valence-electron chi connectivity index (χ3n) is 4.22. The predicted molar refractivity (Wildman–Crippen MR) is 112 cm³/mol. The van der Waals surface area contributed by atoms with E-state index in [1.807, 2.05) is 48.5 Å². The molecule has 0 amide bonds. The van der Waals surface area contributed by atoms with E-state index >= 15 is 0 Å². The van der Waals surface area contributed by atoms with Crippen LogP contribution in [0.3, 0.4) is 0 Å². The maximum Gasteiger partial charge on any atom is 0.346 e. The van der Waals surface area contributed by atoms with Gasteiger partial charge in [0, 0.05) is 16.1 Å². The van der Waals surface area contributed by atoms with Crippen LogP contribution in [0.2, 0.25) is 0 Å². The van der Waals surface area contributed by atoms with E-state index in [2.05, 4.69) is 38.3 Å². The van der Waals surface area contributed by atoms with Gasteiger partial charge in [-0.2, -0.15) is 0 Å². The summed E-state index contributed by atoms with van der Waals surface area (Å²) in [5.74, 6) is -0.327. The highest BCUT2D eigenvalue weighted by Gasteiger charge is 2.13. The number of carbonyl (C=O) groups excluding carboxylic acids is 1. The van der Waals surface area contributed by atoms with Crippen LogP contribution in [0.5, 0.6) is 5.88 Å². The molecule has 3 aromatic carbocycles. The molecule has 0 fully saturated rings. The Morgan fingerprint density at radius 3 is 2.00 bits per heavy atom. The lowest BCUT2D eigenvalue weighted by molar-refractivity contribution is 0.0725. The lowest BCUT2D eigenvalue weighted by Crippen LogP contribution is -2.10. The third kappa shape index (κ3) is 4.00. The number of benzene rings is 3. The minimum absolute atomic E-state index is 0.158. The van der Waals surface area contributed by atoms with E-state index in [0.717, 1.165) is 16.7 Å². The summed E-state index contributed by atoms with van der Waals surface area (Å²) in [6.45, 7) is 0. The highest BCUT2D eigenvalue weighted by Crippen LogP contribution is 2.24. The molecular formula is C23H15BrN2O2. The summed E-state index contributed by atoms with van der Waals surface area (Å²) in [4.78, 5) is 12.2. The maximum absolute atomic E-state index is 12.2. The fraction of sp³-hybridized carbons (Fsp3) is 0. The lowest BCUT2D eigenvalue weighted by Gasteiger charge is -2.06. The Hall–Kier alpha value is -3.31. The molecule has 0 aliphatic heterocycles. The second-order valence-electron chi connectivity index (χ2n) is 6.07. The van der Waals surface area contributed by atoms with E-state index in [1.54, 1.807) is 30.3 Å². The van der Waals surface area contributed by atoms with Crippen molar-refractivity contribution in [1.82, 2.24) is 10.2 Å². The van der Waals surface area contributed by atoms with Crippen molar-refractivity contribution in [3.63, 3.8) is 0 Å². The summed E-state index contributed by atoms with van der Waals surface area (Å²) < 4.78 is 5.98. The molecule has 1 heterocycles. The van der Waals surface area contributed by atoms with E-state index in [4.69, 9.17) is 4.74 Å². The lowest BCUT2D eigenvalue weighted by atomic mass is 10.0. The molecule has 0 bridgehead atoms. The van der Waals surface area contributed by atoms with Crippen molar-refractivity contribution in [1.29, 1.82) is 0 Å². The molecule has 0 unspecified atom stereocenters. The fourth-order valence-corrected chi connectivity index (χ4v) is 3.22. The monoisotopic (exact) mass is 430 g/mol. The first kappa shape index (κ1) is 18.1. The van der Waals surface area contributed by atoms with Gasteiger partial charge in [-0.05, 0) is 45.3 Å². The number of hydrogen-bond acceptors (Lipinski definition) is 4. The highest BCUT2D eigenvalue weighted by molar-refractivity contribution is 9.10. The van der Waals surface area contributed by atoms with Gasteiger partial charge in [0.2, 0.25) is 5.88 Å². The van der Waals surface area contributed by atoms with Gasteiger partial charge in [-0.15, -0.1) is 10.2 Å². The Morgan fingerprint density at radius 2 is 1.32 bits per heavy atom. The molecular weight excluding hydrogens is 416 g/mol. The Bertz CT molecular complexity index is 1100. The van der Waals surface area contributed by atoms with Crippen molar-refractivity contribution >= 4 is 21.9 Å². The van der Waals surface area contributed by atoms with Crippen molar-refractivity contribution in [3.8, 4) is 28.3 Å². The Kier molecular flexibility index (Phi) is 5.26. The smallest absolute Gasteiger partial charge is 0.346 e. The maximum atomic E-state index is 12.2. The molecule has 0 aliphatic rings. The van der Waals surface area contributed by atoms with Crippen LogP contribution in [0, 0.1) is 0 Å². The molecule has 4 rings (SSSR count). The number of halogens is 1. The molecule has 0 aliphatic carbocycles. The van der Waals surface area contributed by atoms with E-state index < -0.39 is 5.97 Å². The second kappa shape index (κ2) is 8.15. The van der Waals surface area contributed by atoms with Gasteiger partial charge in [-0.1, -0.05) is 66.7 Å². The zero-order valence-corrected chi connectivity index (χ0v) is 16.3. The summed E-state index contributed by atoms with van der Waals surface area (Å²) in [6, 6.07) is 28.8. The van der Waals surface area contributed by atoms with Crippen LogP contribution < -0.4 is 4.74 Å². The molecule has 136 valence electrons. The first-order valence-electron chi connectivity index (χ1n) is 8.67. The zero-order chi connectivity index (χ0) is 19.3. The van der Waals surface area contributed by atoms with Crippen LogP contribution in [-0.2, 0) is 0 Å². The largest absolute Gasteiger partial charge is 0.402 e. The second-order valence-corrected chi connectivity index (χ2v) is 6.92. The van der Waals surface area contributed by atoms with Gasteiger partial charge < -0.3 is 4.74 Å². The average Bonchev–Trinajstić information content (AvgIpc) is 2.75. The Morgan fingerprint density at radius 1 is 0.679 bits per heavy atom. The fourth-order valence-electron chi connectivity index (χ4n) is 2.77. The average molecular weight is 431 g/mol. The minimum atomic E-state index is -0.485. The molecule has 0 spiro atoms. The number of nitrogens with zero attached hydrogens (tertiary/aromatic N) is 2. The standard InChI is InChI=1S/C23H15BrN2O2/c24-20-9-5-4-8-19(20)23(27)28-22-15-14-21(25-26-22)18-12-10-17(11-13-18)16-6-2-1-3-7-16/h1-15H. The summed E-state index contributed by atoms with van der Waals surface area (Å²) >= 11 is 3.34. The van der Waals surface area contributed by atoms with Gasteiger partial charge in [0.1, 0.15) is 0 Å². The van der Waals surface area contributed by atoms with Gasteiger partial charge in [0.15, 0.2) is 0 Å². The quantitative estimate of drug-likeness (QED) is 0.384. The van der Waals surface area contributed by atoms with Crippen LogP contribution >= 0.6 is 15.9 Å². The van der Waals surface area contributed by atoms with Gasteiger partial charge in [-0.3, -0.25) is 0 Å². The van der Waals surface area contributed by atoms with Crippen LogP contribution in [0.4, 0.5) is 0 Å². The van der Waals surface area contributed by atoms with Crippen molar-refractivity contribution < 1.29 is 9.53 Å². The van der Waals surface area contributed by atoms with Gasteiger partial charge in [-0.25, -0.2) is 4.79 Å². The minimum Gasteiger partial charge on any atom is -0.402 e. The summed E-state index contributed by atoms with van der Waals surface area (Å²) in [5.41, 5.74) is 4.38. The first-order chi connectivity index (χ1) is 13.7. The number of esters is 1. The SMILES string of the molecule is O=C(Oc1ccc(-c2ccc(-c3ccccc3)cc2)nn1)c1ccccc1Br. The van der Waals surface area contributed by atoms with Crippen molar-refractivity contribution in [2.45, 2.75) is 0 Å². The van der Waals surface area contributed by atoms with E-state index in [1.165, 1.54) is 0 Å². The van der Waals surface area contributed by atoms with Crippen LogP contribution in [0.15, 0.2) is 95.5 Å². The first-order valence-corrected chi connectivity index (χ1v) is 9.46. The highest BCUT2D eigenvalue weighted by atomic mass is 79.9. The summed E-state index contributed by atoms with van der Waals surface area (Å²) in [7, 11) is 0. The van der Waals surface area contributed by atoms with Crippen molar-refractivity contribution in [2.24, 2.45) is 0 Å². The molecule has 28 heavy (non-hydrogen) atoms. The third-order valence-corrected chi connectivity index (χ3v) is 4.91. The molecule has 5 heteroatoms. The normalized spacial score (nSPS) is 10.5. The molecule has 0 atom stereocenters. The number of ether oxygens (including phenoxy) is 1. The molecule has 0 radical (unpaired) electrons. The van der Waals surface area contributed by atoms with E-state index in [0.29, 0.717) is 15.7 Å². The van der Waals surface area contributed by atoms with Gasteiger partial charge in [0.25, 0.3) is 0 Å². The molecule has 0 saturated carbocycles. The molecule has 0 saturated heterocycles.